The summed E-state index contributed by atoms with van der Waals surface area (Å²) in [4.78, 5) is 19.8. The Labute approximate surface area is 112 Å². The van der Waals surface area contributed by atoms with Crippen molar-refractivity contribution in [3.8, 4) is 6.07 Å². The van der Waals surface area contributed by atoms with E-state index in [1.807, 2.05) is 4.57 Å². The van der Waals surface area contributed by atoms with Gasteiger partial charge in [0.15, 0.2) is 5.69 Å². The molecule has 0 aliphatic carbocycles. The molecule has 6 nitrogen and oxygen atoms in total. The number of aliphatic imine (C=N–C) groups is 1. The van der Waals surface area contributed by atoms with Gasteiger partial charge in [-0.15, -0.1) is 0 Å². The number of nitrogens with one attached hydrogen (secondary N) is 1. The average Bonchev–Trinajstić information content (AvgIpc) is 2.72. The molecule has 2 rings (SSSR count). The molecule has 0 bridgehead atoms. The Bertz CT molecular complexity index is 512. The Hall–Kier alpha value is -2.16. The van der Waals surface area contributed by atoms with Crippen molar-refractivity contribution in [1.82, 2.24) is 9.55 Å². The fourth-order valence-electron chi connectivity index (χ4n) is 2.06. The van der Waals surface area contributed by atoms with Crippen LogP contribution in [0.1, 0.15) is 42.6 Å². The summed E-state index contributed by atoms with van der Waals surface area (Å²) in [6.07, 6.45) is 8.00. The van der Waals surface area contributed by atoms with E-state index in [-0.39, 0.29) is 12.3 Å². The van der Waals surface area contributed by atoms with Gasteiger partial charge in [0.25, 0.3) is 0 Å². The van der Waals surface area contributed by atoms with Gasteiger partial charge in [0.1, 0.15) is 12.4 Å². The van der Waals surface area contributed by atoms with Gasteiger partial charge >= 0.3 is 0 Å². The molecule has 100 valence electrons. The molecule has 0 unspecified atom stereocenters. The number of nitrogens with zero attached hydrogens (tertiary/aromatic N) is 4. The number of carbonyl (C=O) groups is 1. The number of hydrogen-bond acceptors (Lipinski definition) is 5. The molecule has 1 aliphatic rings. The Kier molecular flexibility index (Phi) is 4.67. The number of hydrogen-bond donors (Lipinski definition) is 1. The number of aromatic nitrogens is 2. The normalized spacial score (nSPS) is 13.5. The lowest BCUT2D eigenvalue weighted by Gasteiger charge is -2.07. The van der Waals surface area contributed by atoms with Crippen LogP contribution in [0.2, 0.25) is 0 Å². The molecule has 1 aromatic rings. The van der Waals surface area contributed by atoms with Crippen LogP contribution in [-0.2, 0) is 6.54 Å². The second-order valence-electron chi connectivity index (χ2n) is 4.49. The molecule has 0 aromatic carbocycles. The first-order chi connectivity index (χ1) is 9.33. The lowest BCUT2D eigenvalue weighted by Crippen LogP contribution is -2.07. The van der Waals surface area contributed by atoms with Gasteiger partial charge in [-0.3, -0.25) is 9.79 Å². The summed E-state index contributed by atoms with van der Waals surface area (Å²) < 4.78 is 1.95. The second kappa shape index (κ2) is 6.69. The number of carbonyl (C=O) groups excluding carboxylic acids is 1. The van der Waals surface area contributed by atoms with Gasteiger partial charge in [0.05, 0.1) is 18.7 Å². The molecule has 1 aliphatic heterocycles. The number of rotatable bonds is 6. The fraction of sp³-hybridized carbons (Fsp3) is 0.538. The van der Waals surface area contributed by atoms with E-state index >= 15 is 0 Å². The molecule has 1 N–H and O–H groups in total. The summed E-state index contributed by atoms with van der Waals surface area (Å²) in [7, 11) is 0. The van der Waals surface area contributed by atoms with E-state index in [2.05, 4.69) is 21.4 Å². The van der Waals surface area contributed by atoms with Crippen molar-refractivity contribution < 1.29 is 4.79 Å². The van der Waals surface area contributed by atoms with Crippen LogP contribution in [0.4, 0.5) is 5.82 Å². The third-order valence-electron chi connectivity index (χ3n) is 3.07. The highest BCUT2D eigenvalue weighted by molar-refractivity contribution is 6.03. The van der Waals surface area contributed by atoms with Crippen molar-refractivity contribution in [3.63, 3.8) is 0 Å². The van der Waals surface area contributed by atoms with Crippen LogP contribution in [0.3, 0.4) is 0 Å². The molecule has 0 saturated carbocycles. The largest absolute Gasteiger partial charge is 0.331 e. The number of ketones is 1. The summed E-state index contributed by atoms with van der Waals surface area (Å²) >= 11 is 0. The van der Waals surface area contributed by atoms with Crippen molar-refractivity contribution in [2.24, 2.45) is 4.99 Å². The molecule has 0 atom stereocenters. The first kappa shape index (κ1) is 13.3. The topological polar surface area (TPSA) is 83.1 Å². The quantitative estimate of drug-likeness (QED) is 0.792. The van der Waals surface area contributed by atoms with E-state index in [0.29, 0.717) is 12.1 Å². The number of imidazole rings is 1. The molecular formula is C13H17N5O. The molecule has 0 saturated heterocycles. The van der Waals surface area contributed by atoms with Crippen molar-refractivity contribution in [3.05, 3.63) is 12.0 Å². The zero-order chi connectivity index (χ0) is 13.5. The Morgan fingerprint density at radius 1 is 1.37 bits per heavy atom. The minimum atomic E-state index is -0.0518. The Morgan fingerprint density at radius 3 is 3.05 bits per heavy atom. The van der Waals surface area contributed by atoms with Gasteiger partial charge < -0.3 is 9.88 Å². The smallest absolute Gasteiger partial charge is 0.206 e. The predicted octanol–water partition coefficient (Wildman–Crippen LogP) is 1.99. The first-order valence-corrected chi connectivity index (χ1v) is 6.53. The first-order valence-electron chi connectivity index (χ1n) is 6.53. The fourth-order valence-corrected chi connectivity index (χ4v) is 2.06. The number of nitriles is 1. The van der Waals surface area contributed by atoms with Crippen molar-refractivity contribution in [2.45, 2.75) is 38.6 Å². The summed E-state index contributed by atoms with van der Waals surface area (Å²) in [5.41, 5.74) is 0.474. The zero-order valence-electron chi connectivity index (χ0n) is 10.8. The van der Waals surface area contributed by atoms with Crippen LogP contribution in [0, 0.1) is 11.3 Å². The van der Waals surface area contributed by atoms with Crippen molar-refractivity contribution in [1.29, 1.82) is 5.26 Å². The van der Waals surface area contributed by atoms with Gasteiger partial charge in [-0.1, -0.05) is 12.8 Å². The standard InChI is InChI=1S/C13H17N5O/c14-6-4-2-1-3-5-7-18-10-17-12-11(19)8-15-9-16-13(12)18/h9-10H,1-5,7-8H2,(H,15,16). The van der Waals surface area contributed by atoms with Gasteiger partial charge in [-0.2, -0.15) is 5.26 Å². The highest BCUT2D eigenvalue weighted by Crippen LogP contribution is 2.17. The van der Waals surface area contributed by atoms with E-state index in [9.17, 15) is 4.79 Å². The number of fused-ring (bicyclic) bond motifs is 1. The van der Waals surface area contributed by atoms with Crippen LogP contribution in [-0.4, -0.2) is 28.2 Å². The average molecular weight is 259 g/mol. The number of aryl methyl sites for hydroxylation is 1. The highest BCUT2D eigenvalue weighted by Gasteiger charge is 2.18. The van der Waals surface area contributed by atoms with Gasteiger partial charge in [0.2, 0.25) is 5.78 Å². The van der Waals surface area contributed by atoms with E-state index in [1.165, 1.54) is 0 Å². The lowest BCUT2D eigenvalue weighted by molar-refractivity contribution is 0.0999. The number of anilines is 1. The lowest BCUT2D eigenvalue weighted by atomic mass is 10.1. The minimum absolute atomic E-state index is 0.0518. The van der Waals surface area contributed by atoms with Crippen LogP contribution < -0.4 is 5.32 Å². The zero-order valence-corrected chi connectivity index (χ0v) is 10.8. The van der Waals surface area contributed by atoms with Crippen molar-refractivity contribution in [2.75, 3.05) is 11.9 Å². The molecule has 0 spiro atoms. The third-order valence-corrected chi connectivity index (χ3v) is 3.07. The molecule has 0 fully saturated rings. The third kappa shape index (κ3) is 3.41. The van der Waals surface area contributed by atoms with E-state index in [1.54, 1.807) is 12.7 Å². The summed E-state index contributed by atoms with van der Waals surface area (Å²) in [6, 6.07) is 2.15. The van der Waals surface area contributed by atoms with E-state index < -0.39 is 0 Å². The molecule has 6 heteroatoms. The molecule has 0 radical (unpaired) electrons. The maximum Gasteiger partial charge on any atom is 0.206 e. The monoisotopic (exact) mass is 259 g/mol. The van der Waals surface area contributed by atoms with E-state index in [4.69, 9.17) is 5.26 Å². The predicted molar refractivity (Wildman–Crippen MR) is 72.2 cm³/mol. The van der Waals surface area contributed by atoms with Gasteiger partial charge in [-0.25, -0.2) is 4.98 Å². The second-order valence-corrected chi connectivity index (χ2v) is 4.49. The summed E-state index contributed by atoms with van der Waals surface area (Å²) in [5, 5.41) is 11.5. The SMILES string of the molecule is N#CCCCCCCn1cnc2c1NC=NCC2=O. The minimum Gasteiger partial charge on any atom is -0.331 e. The van der Waals surface area contributed by atoms with Crippen molar-refractivity contribution >= 4 is 17.9 Å². The van der Waals surface area contributed by atoms with Crippen LogP contribution in [0.25, 0.3) is 0 Å². The highest BCUT2D eigenvalue weighted by atomic mass is 16.1. The molecule has 2 heterocycles. The van der Waals surface area contributed by atoms with Crippen LogP contribution in [0.15, 0.2) is 11.3 Å². The summed E-state index contributed by atoms with van der Waals surface area (Å²) in [5.74, 6) is 0.687. The molecule has 0 amide bonds. The van der Waals surface area contributed by atoms with Gasteiger partial charge in [0, 0.05) is 13.0 Å². The van der Waals surface area contributed by atoms with Gasteiger partial charge in [-0.05, 0) is 12.8 Å². The van der Waals surface area contributed by atoms with Crippen LogP contribution in [0.5, 0.6) is 0 Å². The van der Waals surface area contributed by atoms with E-state index in [0.717, 1.165) is 38.0 Å². The maximum atomic E-state index is 11.7. The Morgan fingerprint density at radius 2 is 2.21 bits per heavy atom. The van der Waals surface area contributed by atoms with Crippen LogP contribution >= 0.6 is 0 Å². The maximum absolute atomic E-state index is 11.7. The molecular weight excluding hydrogens is 242 g/mol. The Balaban J connectivity index is 1.87. The molecule has 1 aromatic heterocycles. The number of unbranched alkanes of at least 4 members (excludes halogenated alkanes) is 4. The summed E-state index contributed by atoms with van der Waals surface area (Å²) in [6.45, 7) is 0.980. The molecule has 19 heavy (non-hydrogen) atoms. The number of Topliss-reactive ketones (excluding diaryl/α,β-unsaturated/α-hetero) is 1.